The molecule has 4 aromatic carbocycles. The first kappa shape index (κ1) is 34.0. The van der Waals surface area contributed by atoms with Gasteiger partial charge in [0.2, 0.25) is 11.8 Å². The Hall–Kier alpha value is -3.85. The third-order valence-corrected chi connectivity index (χ3v) is 9.62. The van der Waals surface area contributed by atoms with Crippen LogP contribution >= 0.6 is 23.2 Å². The molecule has 0 aliphatic rings. The normalized spacial score (nSPS) is 11.9. The molecule has 4 aromatic rings. The van der Waals surface area contributed by atoms with E-state index in [1.165, 1.54) is 17.0 Å². The number of carbonyl (C=O) groups is 2. The van der Waals surface area contributed by atoms with Crippen LogP contribution in [-0.2, 0) is 32.6 Å². The van der Waals surface area contributed by atoms with Gasteiger partial charge in [-0.2, -0.15) is 0 Å². The first-order valence-corrected chi connectivity index (χ1v) is 17.0. The zero-order chi connectivity index (χ0) is 32.4. The van der Waals surface area contributed by atoms with Crippen molar-refractivity contribution < 1.29 is 18.0 Å². The number of nitrogens with zero attached hydrogens (tertiary/aromatic N) is 2. The van der Waals surface area contributed by atoms with Gasteiger partial charge in [0.05, 0.1) is 10.6 Å². The number of hydrogen-bond acceptors (Lipinski definition) is 4. The van der Waals surface area contributed by atoms with Crippen LogP contribution in [-0.4, -0.2) is 44.3 Å². The second kappa shape index (κ2) is 15.9. The first-order valence-electron chi connectivity index (χ1n) is 14.8. The molecule has 10 heteroatoms. The molecule has 0 aliphatic heterocycles. The van der Waals surface area contributed by atoms with Gasteiger partial charge >= 0.3 is 0 Å². The van der Waals surface area contributed by atoms with Gasteiger partial charge in [-0.3, -0.25) is 13.9 Å². The van der Waals surface area contributed by atoms with Gasteiger partial charge in [0.25, 0.3) is 10.0 Å². The number of unbranched alkanes of at least 4 members (excludes halogenated alkanes) is 1. The van der Waals surface area contributed by atoms with E-state index in [0.29, 0.717) is 22.2 Å². The standard InChI is InChI=1S/C35H37Cl2N3O4S/c1-3-4-21-38-35(42)33(23-27-9-6-5-7-10-27)39(24-28-11-8-12-30(37)22-28)34(41)25-40(31-17-15-29(36)16-18-31)45(43,44)32-19-13-26(2)14-20-32/h5-20,22,33H,3-4,21,23-25H2,1-2H3,(H,38,42)/t33-/m1/s1. The lowest BCUT2D eigenvalue weighted by Gasteiger charge is -2.34. The second-order valence-corrected chi connectivity index (χ2v) is 13.5. The summed E-state index contributed by atoms with van der Waals surface area (Å²) in [4.78, 5) is 29.7. The van der Waals surface area contributed by atoms with Gasteiger partial charge in [-0.25, -0.2) is 8.42 Å². The van der Waals surface area contributed by atoms with E-state index in [-0.39, 0.29) is 29.5 Å². The molecule has 0 radical (unpaired) electrons. The lowest BCUT2D eigenvalue weighted by atomic mass is 10.0. The maximum absolute atomic E-state index is 14.5. The number of sulfonamides is 1. The van der Waals surface area contributed by atoms with Crippen molar-refractivity contribution in [2.24, 2.45) is 0 Å². The molecular weight excluding hydrogens is 629 g/mol. The fourth-order valence-corrected chi connectivity index (χ4v) is 6.62. The van der Waals surface area contributed by atoms with E-state index in [9.17, 15) is 18.0 Å². The SMILES string of the molecule is CCCCNC(=O)[C@@H](Cc1ccccc1)N(Cc1cccc(Cl)c1)C(=O)CN(c1ccc(Cl)cc1)S(=O)(=O)c1ccc(C)cc1. The van der Waals surface area contributed by atoms with Crippen LogP contribution in [0.4, 0.5) is 5.69 Å². The third kappa shape index (κ3) is 9.33. The number of benzene rings is 4. The van der Waals surface area contributed by atoms with Gasteiger partial charge in [0, 0.05) is 29.6 Å². The highest BCUT2D eigenvalue weighted by atomic mass is 35.5. The molecule has 1 N–H and O–H groups in total. The molecule has 7 nitrogen and oxygen atoms in total. The fraction of sp³-hybridized carbons (Fsp3) is 0.257. The van der Waals surface area contributed by atoms with Crippen LogP contribution in [0.3, 0.4) is 0 Å². The molecule has 2 amide bonds. The van der Waals surface area contributed by atoms with E-state index >= 15 is 0 Å². The van der Waals surface area contributed by atoms with Crippen LogP contribution in [0.2, 0.25) is 10.0 Å². The molecule has 4 rings (SSSR count). The van der Waals surface area contributed by atoms with Crippen LogP contribution in [0.15, 0.2) is 108 Å². The van der Waals surface area contributed by atoms with Crippen LogP contribution < -0.4 is 9.62 Å². The number of anilines is 1. The average molecular weight is 667 g/mol. The lowest BCUT2D eigenvalue weighted by Crippen LogP contribution is -2.53. The largest absolute Gasteiger partial charge is 0.354 e. The van der Waals surface area contributed by atoms with E-state index in [1.54, 1.807) is 54.6 Å². The highest BCUT2D eigenvalue weighted by Gasteiger charge is 2.34. The number of nitrogens with one attached hydrogen (secondary N) is 1. The maximum Gasteiger partial charge on any atom is 0.264 e. The summed E-state index contributed by atoms with van der Waals surface area (Å²) in [5.74, 6) is -0.866. The quantitative estimate of drug-likeness (QED) is 0.146. The number of hydrogen-bond donors (Lipinski definition) is 1. The summed E-state index contributed by atoms with van der Waals surface area (Å²) in [6.07, 6.45) is 1.91. The average Bonchev–Trinajstić information content (AvgIpc) is 3.02. The van der Waals surface area contributed by atoms with E-state index in [0.717, 1.165) is 28.3 Å². The van der Waals surface area contributed by atoms with E-state index in [1.807, 2.05) is 50.2 Å². The Morgan fingerprint density at radius 2 is 1.49 bits per heavy atom. The molecule has 0 spiro atoms. The van der Waals surface area contributed by atoms with Crippen molar-refractivity contribution in [3.63, 3.8) is 0 Å². The van der Waals surface area contributed by atoms with E-state index in [2.05, 4.69) is 5.32 Å². The molecule has 0 saturated heterocycles. The summed E-state index contributed by atoms with van der Waals surface area (Å²) < 4.78 is 29.2. The summed E-state index contributed by atoms with van der Waals surface area (Å²) in [6.45, 7) is 3.84. The Bertz CT molecular complexity index is 1680. The van der Waals surface area contributed by atoms with E-state index in [4.69, 9.17) is 23.2 Å². The third-order valence-electron chi connectivity index (χ3n) is 7.35. The number of aryl methyl sites for hydroxylation is 1. The van der Waals surface area contributed by atoms with Crippen LogP contribution in [0.1, 0.15) is 36.5 Å². The molecule has 1 atom stereocenters. The van der Waals surface area contributed by atoms with Gasteiger partial charge in [-0.05, 0) is 73.0 Å². The number of halogens is 2. The summed E-state index contributed by atoms with van der Waals surface area (Å²) in [6, 6.07) is 28.3. The highest BCUT2D eigenvalue weighted by Crippen LogP contribution is 2.27. The molecule has 0 unspecified atom stereocenters. The Labute approximate surface area is 275 Å². The molecular formula is C35H37Cl2N3O4S. The minimum absolute atomic E-state index is 0.0374. The highest BCUT2D eigenvalue weighted by molar-refractivity contribution is 7.92. The summed E-state index contributed by atoms with van der Waals surface area (Å²) in [5, 5.41) is 3.89. The predicted octanol–water partition coefficient (Wildman–Crippen LogP) is 7.05. The molecule has 0 saturated carbocycles. The Kier molecular flexibility index (Phi) is 12.0. The molecule has 0 aromatic heterocycles. The van der Waals surface area contributed by atoms with Crippen molar-refractivity contribution in [3.8, 4) is 0 Å². The molecule has 0 fully saturated rings. The Morgan fingerprint density at radius 3 is 2.13 bits per heavy atom. The Morgan fingerprint density at radius 1 is 0.822 bits per heavy atom. The van der Waals surface area contributed by atoms with Gasteiger partial charge in [-0.15, -0.1) is 0 Å². The second-order valence-electron chi connectivity index (χ2n) is 10.8. The first-order chi connectivity index (χ1) is 21.6. The summed E-state index contributed by atoms with van der Waals surface area (Å²) >= 11 is 12.4. The molecule has 236 valence electrons. The van der Waals surface area contributed by atoms with Crippen molar-refractivity contribution in [1.29, 1.82) is 0 Å². The maximum atomic E-state index is 14.5. The van der Waals surface area contributed by atoms with E-state index < -0.39 is 28.5 Å². The van der Waals surface area contributed by atoms with Gasteiger partial charge in [0.15, 0.2) is 0 Å². The van der Waals surface area contributed by atoms with Gasteiger partial charge < -0.3 is 10.2 Å². The van der Waals surface area contributed by atoms with Crippen LogP contribution in [0.25, 0.3) is 0 Å². The van der Waals surface area contributed by atoms with Crippen LogP contribution in [0.5, 0.6) is 0 Å². The minimum atomic E-state index is -4.19. The number of rotatable bonds is 14. The Balaban J connectivity index is 1.78. The van der Waals surface area contributed by atoms with Gasteiger partial charge in [0.1, 0.15) is 12.6 Å². The summed E-state index contributed by atoms with van der Waals surface area (Å²) in [5.41, 5.74) is 2.73. The van der Waals surface area contributed by atoms with Crippen LogP contribution in [0, 0.1) is 6.92 Å². The van der Waals surface area contributed by atoms with Crippen molar-refractivity contribution in [2.75, 3.05) is 17.4 Å². The topological polar surface area (TPSA) is 86.8 Å². The molecule has 0 aliphatic carbocycles. The lowest BCUT2D eigenvalue weighted by molar-refractivity contribution is -0.140. The van der Waals surface area contributed by atoms with Crippen molar-refractivity contribution in [2.45, 2.75) is 50.6 Å². The molecule has 45 heavy (non-hydrogen) atoms. The predicted molar refractivity (Wildman–Crippen MR) is 181 cm³/mol. The zero-order valence-electron chi connectivity index (χ0n) is 25.3. The summed E-state index contributed by atoms with van der Waals surface area (Å²) in [7, 11) is -4.19. The number of amides is 2. The fourth-order valence-electron chi connectivity index (χ4n) is 4.87. The van der Waals surface area contributed by atoms with Gasteiger partial charge in [-0.1, -0.05) is 96.7 Å². The van der Waals surface area contributed by atoms with Crippen molar-refractivity contribution in [1.82, 2.24) is 10.2 Å². The van der Waals surface area contributed by atoms with Crippen molar-refractivity contribution in [3.05, 3.63) is 130 Å². The van der Waals surface area contributed by atoms with Crippen molar-refractivity contribution >= 4 is 50.7 Å². The monoisotopic (exact) mass is 665 g/mol. The minimum Gasteiger partial charge on any atom is -0.354 e. The molecule has 0 bridgehead atoms. The number of carbonyl (C=O) groups excluding carboxylic acids is 2. The molecule has 0 heterocycles. The smallest absolute Gasteiger partial charge is 0.264 e. The zero-order valence-corrected chi connectivity index (χ0v) is 27.7.